The fraction of sp³-hybridized carbons (Fsp3) is 0.407. The van der Waals surface area contributed by atoms with Crippen LogP contribution in [0.3, 0.4) is 0 Å². The molecule has 1 fully saturated rings. The zero-order chi connectivity index (χ0) is 29.1. The average molecular weight is 552 g/mol. The zero-order valence-electron chi connectivity index (χ0n) is 23.1. The van der Waals surface area contributed by atoms with Crippen LogP contribution in [0.5, 0.6) is 0 Å². The lowest BCUT2D eigenvalue weighted by Crippen LogP contribution is -2.61. The Hall–Kier alpha value is -4.68. The van der Waals surface area contributed by atoms with Crippen molar-refractivity contribution in [1.82, 2.24) is 20.3 Å². The molecule has 0 saturated carbocycles. The van der Waals surface area contributed by atoms with Gasteiger partial charge >= 0.3 is 12.1 Å². The number of ether oxygens (including phenoxy) is 2. The average Bonchev–Trinajstić information content (AvgIpc) is 2.91. The van der Waals surface area contributed by atoms with Crippen LogP contribution >= 0.6 is 0 Å². The number of carbonyl (C=O) groups excluding carboxylic acids is 3. The second-order valence-electron chi connectivity index (χ2n) is 10.4. The van der Waals surface area contributed by atoms with E-state index in [4.69, 9.17) is 9.47 Å². The monoisotopic (exact) mass is 551 g/mol. The number of aromatic nitrogens is 3. The summed E-state index contributed by atoms with van der Waals surface area (Å²) in [4.78, 5) is 63.8. The minimum Gasteiger partial charge on any atom is -0.467 e. The number of aromatic amines is 1. The summed E-state index contributed by atoms with van der Waals surface area (Å²) >= 11 is 0. The number of amides is 2. The van der Waals surface area contributed by atoms with E-state index in [1.807, 2.05) is 17.0 Å². The molecule has 0 atom stereocenters. The number of benzene rings is 1. The Balaban J connectivity index is 1.42. The molecule has 13 nitrogen and oxygen atoms in total. The Morgan fingerprint density at radius 1 is 1.10 bits per heavy atom. The minimum absolute atomic E-state index is 0.0440. The van der Waals surface area contributed by atoms with Gasteiger partial charge in [0.15, 0.2) is 0 Å². The lowest BCUT2D eigenvalue weighted by molar-refractivity contribution is -0.149. The predicted octanol–water partition coefficient (Wildman–Crippen LogP) is 2.65. The standard InChI is InChI=1S/C27H33N7O6/c1-26(2,3)40-25(38)33-27(23(37)39-5)9-11-34(12-10-27)24-29-14-17(15-30-24)31-21(35)18-13-16-7-6-8-19(28-4)20(16)32-22(18)36/h6-8,13-15,28H,9-12H2,1-5H3,(H,31,35)(H,32,36)(H,33,38). The summed E-state index contributed by atoms with van der Waals surface area (Å²) in [6.45, 7) is 5.93. The van der Waals surface area contributed by atoms with Gasteiger partial charge in [0.1, 0.15) is 16.7 Å². The molecule has 1 aliphatic rings. The van der Waals surface area contributed by atoms with Gasteiger partial charge in [-0.05, 0) is 45.7 Å². The van der Waals surface area contributed by atoms with Crippen molar-refractivity contribution in [2.24, 2.45) is 0 Å². The summed E-state index contributed by atoms with van der Waals surface area (Å²) in [7, 11) is 3.02. The maximum Gasteiger partial charge on any atom is 0.408 e. The highest BCUT2D eigenvalue weighted by molar-refractivity contribution is 6.06. The maximum atomic E-state index is 12.9. The Labute approximate surface area is 230 Å². The van der Waals surface area contributed by atoms with Gasteiger partial charge < -0.3 is 35.3 Å². The SMILES string of the molecule is CNc1cccc2cc(C(=O)Nc3cnc(N4CCC(NC(=O)OC(C)(C)C)(C(=O)OC)CC4)nc3)c(=O)[nH]c12. The van der Waals surface area contributed by atoms with Gasteiger partial charge in [0.2, 0.25) is 5.95 Å². The van der Waals surface area contributed by atoms with Gasteiger partial charge in [0, 0.05) is 25.5 Å². The lowest BCUT2D eigenvalue weighted by Gasteiger charge is -2.40. The molecule has 0 spiro atoms. The topological polar surface area (TPSA) is 168 Å². The number of alkyl carbamates (subject to hydrolysis) is 1. The molecule has 2 aromatic heterocycles. The number of carbonyl (C=O) groups is 3. The first-order valence-electron chi connectivity index (χ1n) is 12.8. The second-order valence-corrected chi connectivity index (χ2v) is 10.4. The lowest BCUT2D eigenvalue weighted by atomic mass is 9.87. The highest BCUT2D eigenvalue weighted by Gasteiger charge is 2.45. The number of esters is 1. The molecule has 0 unspecified atom stereocenters. The fourth-order valence-electron chi connectivity index (χ4n) is 4.52. The number of piperidine rings is 1. The number of H-pyrrole nitrogens is 1. The zero-order valence-corrected chi connectivity index (χ0v) is 23.1. The molecule has 2 amide bonds. The van der Waals surface area contributed by atoms with Gasteiger partial charge in [-0.2, -0.15) is 0 Å². The van der Waals surface area contributed by atoms with Crippen LogP contribution in [0.2, 0.25) is 0 Å². The molecule has 212 valence electrons. The third-order valence-corrected chi connectivity index (χ3v) is 6.51. The van der Waals surface area contributed by atoms with E-state index in [1.54, 1.807) is 33.9 Å². The number of rotatable bonds is 6. The molecule has 3 heterocycles. The van der Waals surface area contributed by atoms with Gasteiger partial charge in [-0.15, -0.1) is 0 Å². The summed E-state index contributed by atoms with van der Waals surface area (Å²) < 4.78 is 10.3. The largest absolute Gasteiger partial charge is 0.467 e. The van der Waals surface area contributed by atoms with E-state index in [-0.39, 0.29) is 18.4 Å². The number of hydrogen-bond donors (Lipinski definition) is 4. The van der Waals surface area contributed by atoms with Gasteiger partial charge in [-0.3, -0.25) is 9.59 Å². The molecular weight excluding hydrogens is 518 g/mol. The van der Waals surface area contributed by atoms with E-state index in [0.29, 0.717) is 35.6 Å². The summed E-state index contributed by atoms with van der Waals surface area (Å²) in [6, 6.07) is 6.99. The molecule has 1 aromatic carbocycles. The summed E-state index contributed by atoms with van der Waals surface area (Å²) in [5.74, 6) is -0.761. The van der Waals surface area contributed by atoms with Gasteiger partial charge in [0.25, 0.3) is 11.5 Å². The maximum absolute atomic E-state index is 12.9. The molecule has 0 radical (unpaired) electrons. The van der Waals surface area contributed by atoms with Crippen LogP contribution in [0.4, 0.5) is 22.1 Å². The van der Waals surface area contributed by atoms with E-state index >= 15 is 0 Å². The molecule has 4 N–H and O–H groups in total. The Kier molecular flexibility index (Phi) is 7.93. The van der Waals surface area contributed by atoms with Crippen LogP contribution < -0.4 is 26.4 Å². The molecule has 3 aromatic rings. The van der Waals surface area contributed by atoms with Crippen molar-refractivity contribution in [3.63, 3.8) is 0 Å². The first-order valence-corrected chi connectivity index (χ1v) is 12.8. The third-order valence-electron chi connectivity index (χ3n) is 6.51. The van der Waals surface area contributed by atoms with Crippen LogP contribution in [0.25, 0.3) is 10.9 Å². The smallest absolute Gasteiger partial charge is 0.408 e. The summed E-state index contributed by atoms with van der Waals surface area (Å²) in [6.07, 6.45) is 2.68. The van der Waals surface area contributed by atoms with E-state index < -0.39 is 34.7 Å². The Morgan fingerprint density at radius 3 is 2.38 bits per heavy atom. The van der Waals surface area contributed by atoms with Crippen molar-refractivity contribution in [2.75, 3.05) is 42.8 Å². The number of para-hydroxylation sites is 1. The van der Waals surface area contributed by atoms with Crippen molar-refractivity contribution >= 4 is 46.2 Å². The minimum atomic E-state index is -1.23. The summed E-state index contributed by atoms with van der Waals surface area (Å²) in [5.41, 5.74) is -0.853. The molecule has 13 heteroatoms. The number of pyridine rings is 1. The molecule has 0 bridgehead atoms. The highest BCUT2D eigenvalue weighted by atomic mass is 16.6. The fourth-order valence-corrected chi connectivity index (χ4v) is 4.52. The van der Waals surface area contributed by atoms with E-state index in [1.165, 1.54) is 25.6 Å². The first-order chi connectivity index (χ1) is 18.9. The molecular formula is C27H33N7O6. The second kappa shape index (κ2) is 11.2. The van der Waals surface area contributed by atoms with Crippen molar-refractivity contribution in [1.29, 1.82) is 0 Å². The summed E-state index contributed by atoms with van der Waals surface area (Å²) in [5, 5.41) is 9.07. The Bertz CT molecular complexity index is 1470. The van der Waals surface area contributed by atoms with E-state index in [2.05, 4.69) is 30.9 Å². The third kappa shape index (κ3) is 6.14. The van der Waals surface area contributed by atoms with Gasteiger partial charge in [-0.1, -0.05) is 12.1 Å². The van der Waals surface area contributed by atoms with E-state index in [0.717, 1.165) is 5.69 Å². The van der Waals surface area contributed by atoms with Crippen LogP contribution in [-0.2, 0) is 14.3 Å². The van der Waals surface area contributed by atoms with E-state index in [9.17, 15) is 19.2 Å². The number of fused-ring (bicyclic) bond motifs is 1. The Morgan fingerprint density at radius 2 is 1.77 bits per heavy atom. The number of anilines is 3. The molecule has 0 aliphatic carbocycles. The van der Waals surface area contributed by atoms with Crippen molar-refractivity contribution in [3.8, 4) is 0 Å². The molecule has 40 heavy (non-hydrogen) atoms. The normalized spacial score (nSPS) is 14.8. The van der Waals surface area contributed by atoms with Gasteiger partial charge in [0.05, 0.1) is 36.4 Å². The first kappa shape index (κ1) is 28.3. The quantitative estimate of drug-likeness (QED) is 0.334. The number of nitrogens with zero attached hydrogens (tertiary/aromatic N) is 3. The number of nitrogens with one attached hydrogen (secondary N) is 4. The van der Waals surface area contributed by atoms with Crippen molar-refractivity contribution in [3.05, 3.63) is 52.6 Å². The number of hydrogen-bond acceptors (Lipinski definition) is 10. The molecule has 1 saturated heterocycles. The predicted molar refractivity (Wildman–Crippen MR) is 150 cm³/mol. The van der Waals surface area contributed by atoms with Crippen LogP contribution in [-0.4, -0.2) is 71.3 Å². The molecule has 1 aliphatic heterocycles. The highest BCUT2D eigenvalue weighted by Crippen LogP contribution is 2.27. The van der Waals surface area contributed by atoms with Crippen LogP contribution in [0.1, 0.15) is 44.0 Å². The van der Waals surface area contributed by atoms with Gasteiger partial charge in [-0.25, -0.2) is 19.6 Å². The number of methoxy groups -OCH3 is 1. The van der Waals surface area contributed by atoms with Crippen LogP contribution in [0, 0.1) is 0 Å². The molecule has 4 rings (SSSR count). The van der Waals surface area contributed by atoms with Crippen molar-refractivity contribution in [2.45, 2.75) is 44.8 Å². The van der Waals surface area contributed by atoms with Crippen molar-refractivity contribution < 1.29 is 23.9 Å². The van der Waals surface area contributed by atoms with Crippen LogP contribution in [0.15, 0.2) is 41.5 Å².